The maximum atomic E-state index is 12.6. The third-order valence-electron chi connectivity index (χ3n) is 4.58. The van der Waals surface area contributed by atoms with Crippen molar-refractivity contribution in [2.45, 2.75) is 34.1 Å². The SMILES string of the molecule is CCN(CCc1ccncc1)c1nc(Cl)nc2sc(C(=O)OCC(C)C)c(C)c12. The number of esters is 1. The van der Waals surface area contributed by atoms with E-state index in [0.717, 1.165) is 36.3 Å². The lowest BCUT2D eigenvalue weighted by molar-refractivity contribution is 0.0464. The van der Waals surface area contributed by atoms with Crippen molar-refractivity contribution >= 4 is 44.9 Å². The van der Waals surface area contributed by atoms with Gasteiger partial charge in [-0.25, -0.2) is 9.78 Å². The zero-order chi connectivity index (χ0) is 21.0. The molecule has 0 N–H and O–H groups in total. The van der Waals surface area contributed by atoms with Crippen molar-refractivity contribution in [1.29, 1.82) is 0 Å². The predicted molar refractivity (Wildman–Crippen MR) is 118 cm³/mol. The van der Waals surface area contributed by atoms with Crippen molar-refractivity contribution in [1.82, 2.24) is 15.0 Å². The van der Waals surface area contributed by atoms with E-state index in [1.54, 1.807) is 12.4 Å². The van der Waals surface area contributed by atoms with Crippen LogP contribution in [0.25, 0.3) is 10.2 Å². The molecule has 0 aliphatic rings. The number of hydrogen-bond donors (Lipinski definition) is 0. The molecule has 3 heterocycles. The number of nitrogens with zero attached hydrogens (tertiary/aromatic N) is 4. The van der Waals surface area contributed by atoms with Crippen LogP contribution in [0.3, 0.4) is 0 Å². The van der Waals surface area contributed by atoms with E-state index in [2.05, 4.69) is 26.8 Å². The van der Waals surface area contributed by atoms with Crippen molar-refractivity contribution in [2.24, 2.45) is 5.92 Å². The molecule has 0 amide bonds. The molecule has 29 heavy (non-hydrogen) atoms. The Hall–Kier alpha value is -2.25. The summed E-state index contributed by atoms with van der Waals surface area (Å²) >= 11 is 7.53. The molecular weight excluding hydrogens is 408 g/mol. The summed E-state index contributed by atoms with van der Waals surface area (Å²) in [7, 11) is 0. The molecule has 0 bridgehead atoms. The molecule has 0 atom stereocenters. The van der Waals surface area contributed by atoms with Gasteiger partial charge in [-0.1, -0.05) is 13.8 Å². The molecule has 154 valence electrons. The second-order valence-electron chi connectivity index (χ2n) is 7.23. The van der Waals surface area contributed by atoms with Gasteiger partial charge in [0, 0.05) is 25.5 Å². The molecule has 0 radical (unpaired) electrons. The maximum Gasteiger partial charge on any atom is 0.348 e. The Balaban J connectivity index is 1.94. The van der Waals surface area contributed by atoms with Gasteiger partial charge in [0.25, 0.3) is 0 Å². The number of anilines is 1. The molecule has 3 rings (SSSR count). The molecule has 0 unspecified atom stereocenters. The first-order chi connectivity index (χ1) is 13.9. The lowest BCUT2D eigenvalue weighted by Crippen LogP contribution is -2.26. The first-order valence-corrected chi connectivity index (χ1v) is 10.9. The number of halogens is 1. The van der Waals surface area contributed by atoms with Crippen LogP contribution in [0.15, 0.2) is 24.5 Å². The Morgan fingerprint density at radius 2 is 2.00 bits per heavy atom. The lowest BCUT2D eigenvalue weighted by atomic mass is 10.1. The number of ether oxygens (including phenoxy) is 1. The second-order valence-corrected chi connectivity index (χ2v) is 8.57. The predicted octanol–water partition coefficient (Wildman–Crippen LogP) is 4.93. The van der Waals surface area contributed by atoms with Crippen LogP contribution < -0.4 is 4.90 Å². The summed E-state index contributed by atoms with van der Waals surface area (Å²) in [6.07, 6.45) is 4.44. The van der Waals surface area contributed by atoms with Crippen LogP contribution in [0, 0.1) is 12.8 Å². The smallest absolute Gasteiger partial charge is 0.348 e. The highest BCUT2D eigenvalue weighted by Gasteiger charge is 2.23. The first kappa shape index (κ1) is 21.5. The average Bonchev–Trinajstić information content (AvgIpc) is 3.03. The van der Waals surface area contributed by atoms with Crippen LogP contribution in [-0.2, 0) is 11.2 Å². The highest BCUT2D eigenvalue weighted by atomic mass is 35.5. The van der Waals surface area contributed by atoms with E-state index >= 15 is 0 Å². The monoisotopic (exact) mass is 432 g/mol. The molecule has 0 saturated carbocycles. The Kier molecular flexibility index (Phi) is 7.03. The van der Waals surface area contributed by atoms with Gasteiger partial charge in [0.15, 0.2) is 0 Å². The van der Waals surface area contributed by atoms with E-state index in [1.165, 1.54) is 16.9 Å². The summed E-state index contributed by atoms with van der Waals surface area (Å²) in [4.78, 5) is 28.9. The summed E-state index contributed by atoms with van der Waals surface area (Å²) in [5.41, 5.74) is 2.04. The molecular formula is C21H25ClN4O2S. The van der Waals surface area contributed by atoms with Crippen LogP contribution in [0.2, 0.25) is 5.28 Å². The normalized spacial score (nSPS) is 11.2. The van der Waals surface area contributed by atoms with Gasteiger partial charge >= 0.3 is 5.97 Å². The lowest BCUT2D eigenvalue weighted by Gasteiger charge is -2.23. The van der Waals surface area contributed by atoms with Gasteiger partial charge in [-0.15, -0.1) is 11.3 Å². The molecule has 0 aliphatic heterocycles. The number of fused-ring (bicyclic) bond motifs is 1. The fourth-order valence-corrected chi connectivity index (χ4v) is 4.34. The standard InChI is InChI=1S/C21H25ClN4O2S/c1-5-26(11-8-15-6-9-23-10-7-15)18-16-14(4)17(20(27)28-12-13(2)3)29-19(16)25-21(22)24-18/h6-7,9-10,13H,5,8,11-12H2,1-4H3. The minimum Gasteiger partial charge on any atom is -0.461 e. The number of hydrogen-bond acceptors (Lipinski definition) is 7. The number of thiophene rings is 1. The number of rotatable bonds is 8. The highest BCUT2D eigenvalue weighted by Crippen LogP contribution is 2.36. The summed E-state index contributed by atoms with van der Waals surface area (Å²) in [6, 6.07) is 4.02. The fourth-order valence-electron chi connectivity index (χ4n) is 3.05. The maximum absolute atomic E-state index is 12.6. The Morgan fingerprint density at radius 3 is 2.66 bits per heavy atom. The van der Waals surface area contributed by atoms with Gasteiger partial charge in [0.2, 0.25) is 5.28 Å². The van der Waals surface area contributed by atoms with E-state index in [9.17, 15) is 4.79 Å². The van der Waals surface area contributed by atoms with Crippen molar-refractivity contribution in [3.63, 3.8) is 0 Å². The number of carbonyl (C=O) groups is 1. The van der Waals surface area contributed by atoms with Crippen LogP contribution >= 0.6 is 22.9 Å². The Morgan fingerprint density at radius 1 is 1.28 bits per heavy atom. The number of carbonyl (C=O) groups excluding carboxylic acids is 1. The largest absolute Gasteiger partial charge is 0.461 e. The van der Waals surface area contributed by atoms with Crippen LogP contribution in [0.1, 0.15) is 41.6 Å². The Labute approximate surface area is 179 Å². The topological polar surface area (TPSA) is 68.2 Å². The molecule has 0 fully saturated rings. The third-order valence-corrected chi connectivity index (χ3v) is 5.91. The summed E-state index contributed by atoms with van der Waals surface area (Å²) in [5.74, 6) is 0.719. The van der Waals surface area contributed by atoms with E-state index in [-0.39, 0.29) is 17.2 Å². The molecule has 0 spiro atoms. The van der Waals surface area contributed by atoms with Crippen molar-refractivity contribution < 1.29 is 9.53 Å². The van der Waals surface area contributed by atoms with E-state index in [4.69, 9.17) is 16.3 Å². The Bertz CT molecular complexity index is 991. The molecule has 6 nitrogen and oxygen atoms in total. The van der Waals surface area contributed by atoms with E-state index in [0.29, 0.717) is 16.3 Å². The summed E-state index contributed by atoms with van der Waals surface area (Å²) < 4.78 is 5.43. The van der Waals surface area contributed by atoms with Crippen LogP contribution in [0.4, 0.5) is 5.82 Å². The number of aryl methyl sites for hydroxylation is 1. The van der Waals surface area contributed by atoms with E-state index in [1.807, 2.05) is 32.9 Å². The zero-order valence-electron chi connectivity index (χ0n) is 17.1. The minimum absolute atomic E-state index is 0.179. The van der Waals surface area contributed by atoms with Gasteiger partial charge in [-0.05, 0) is 61.0 Å². The van der Waals surface area contributed by atoms with Crippen molar-refractivity contribution in [3.8, 4) is 0 Å². The molecule has 3 aromatic rings. The average molecular weight is 433 g/mol. The highest BCUT2D eigenvalue weighted by molar-refractivity contribution is 7.20. The van der Waals surface area contributed by atoms with Crippen molar-refractivity contribution in [2.75, 3.05) is 24.6 Å². The quantitative estimate of drug-likeness (QED) is 0.371. The summed E-state index contributed by atoms with van der Waals surface area (Å²) in [5, 5.41) is 1.05. The number of aromatic nitrogens is 3. The van der Waals surface area contributed by atoms with Gasteiger partial charge in [-0.2, -0.15) is 4.98 Å². The fraction of sp³-hybridized carbons (Fsp3) is 0.429. The summed E-state index contributed by atoms with van der Waals surface area (Å²) in [6.45, 7) is 9.93. The van der Waals surface area contributed by atoms with Gasteiger partial charge in [0.05, 0.1) is 12.0 Å². The molecule has 3 aromatic heterocycles. The molecule has 0 aliphatic carbocycles. The number of pyridine rings is 1. The van der Waals surface area contributed by atoms with Gasteiger partial charge in [0.1, 0.15) is 15.5 Å². The number of likely N-dealkylation sites (N-methyl/N-ethyl adjacent to an activating group) is 1. The van der Waals surface area contributed by atoms with Gasteiger partial charge < -0.3 is 9.64 Å². The second kappa shape index (κ2) is 9.50. The minimum atomic E-state index is -0.318. The zero-order valence-corrected chi connectivity index (χ0v) is 18.7. The van der Waals surface area contributed by atoms with Gasteiger partial charge in [-0.3, -0.25) is 4.98 Å². The molecule has 0 aromatic carbocycles. The van der Waals surface area contributed by atoms with Crippen LogP contribution in [-0.4, -0.2) is 40.6 Å². The molecule has 0 saturated heterocycles. The first-order valence-electron chi connectivity index (χ1n) is 9.68. The molecule has 8 heteroatoms. The van der Waals surface area contributed by atoms with E-state index < -0.39 is 0 Å². The van der Waals surface area contributed by atoms with Crippen molar-refractivity contribution in [3.05, 3.63) is 45.8 Å². The van der Waals surface area contributed by atoms with Crippen LogP contribution in [0.5, 0.6) is 0 Å². The third kappa shape index (κ3) is 5.03.